The van der Waals surface area contributed by atoms with E-state index in [9.17, 15) is 14.4 Å². The van der Waals surface area contributed by atoms with Crippen LogP contribution < -0.4 is 0 Å². The molecule has 98 valence electrons. The van der Waals surface area contributed by atoms with Crippen molar-refractivity contribution in [3.63, 3.8) is 0 Å². The molecule has 0 saturated carbocycles. The molecule has 0 aromatic carbocycles. The van der Waals surface area contributed by atoms with Gasteiger partial charge in [-0.1, -0.05) is 0 Å². The van der Waals surface area contributed by atoms with Crippen LogP contribution in [0.15, 0.2) is 0 Å². The van der Waals surface area contributed by atoms with Gasteiger partial charge in [0.15, 0.2) is 0 Å². The standard InChI is InChI=1S/C11H18O6/c1-11(2,10(15)16)7-17-9(14)6-4-3-5-8(12)13/h3-7H2,1-2H3,(H,12,13)(H,15,16). The molecule has 0 amide bonds. The first-order chi connectivity index (χ1) is 7.75. The van der Waals surface area contributed by atoms with Crippen LogP contribution in [0.25, 0.3) is 0 Å². The minimum absolute atomic E-state index is 0.0217. The van der Waals surface area contributed by atoms with Gasteiger partial charge in [-0.2, -0.15) is 0 Å². The molecular weight excluding hydrogens is 228 g/mol. The molecule has 0 heterocycles. The second-order valence-electron chi connectivity index (χ2n) is 4.45. The zero-order chi connectivity index (χ0) is 13.5. The number of carbonyl (C=O) groups is 3. The van der Waals surface area contributed by atoms with Crippen molar-refractivity contribution < 1.29 is 29.3 Å². The van der Waals surface area contributed by atoms with Gasteiger partial charge >= 0.3 is 17.9 Å². The number of carboxylic acid groups (broad SMARTS) is 2. The van der Waals surface area contributed by atoms with E-state index in [0.29, 0.717) is 12.8 Å². The molecule has 17 heavy (non-hydrogen) atoms. The average Bonchev–Trinajstić information content (AvgIpc) is 2.21. The summed E-state index contributed by atoms with van der Waals surface area (Å²) < 4.78 is 4.81. The van der Waals surface area contributed by atoms with E-state index in [0.717, 1.165) is 0 Å². The molecule has 0 aliphatic rings. The van der Waals surface area contributed by atoms with Crippen molar-refractivity contribution in [2.75, 3.05) is 6.61 Å². The maximum atomic E-state index is 11.2. The van der Waals surface area contributed by atoms with Crippen LogP contribution in [-0.2, 0) is 19.1 Å². The van der Waals surface area contributed by atoms with E-state index in [4.69, 9.17) is 14.9 Å². The molecule has 0 atom stereocenters. The van der Waals surface area contributed by atoms with Crippen LogP contribution in [0.4, 0.5) is 0 Å². The van der Waals surface area contributed by atoms with Crippen LogP contribution in [0.3, 0.4) is 0 Å². The molecule has 0 spiro atoms. The third-order valence-corrected chi connectivity index (χ3v) is 2.19. The number of hydrogen-bond acceptors (Lipinski definition) is 4. The average molecular weight is 246 g/mol. The smallest absolute Gasteiger partial charge is 0.312 e. The monoisotopic (exact) mass is 246 g/mol. The van der Waals surface area contributed by atoms with Gasteiger partial charge in [-0.05, 0) is 26.7 Å². The maximum Gasteiger partial charge on any atom is 0.312 e. The second kappa shape index (κ2) is 6.88. The Morgan fingerprint density at radius 2 is 1.59 bits per heavy atom. The lowest BCUT2D eigenvalue weighted by Crippen LogP contribution is -2.30. The van der Waals surface area contributed by atoms with Crippen LogP contribution in [0.2, 0.25) is 0 Å². The molecule has 0 aromatic heterocycles. The predicted octanol–water partition coefficient (Wildman–Crippen LogP) is 1.29. The van der Waals surface area contributed by atoms with Crippen molar-refractivity contribution in [1.29, 1.82) is 0 Å². The Kier molecular flexibility index (Phi) is 6.23. The SMILES string of the molecule is CC(C)(COC(=O)CCCCC(=O)O)C(=O)O. The van der Waals surface area contributed by atoms with Crippen LogP contribution in [-0.4, -0.2) is 34.7 Å². The van der Waals surface area contributed by atoms with E-state index in [-0.39, 0.29) is 19.4 Å². The van der Waals surface area contributed by atoms with Crippen molar-refractivity contribution in [2.24, 2.45) is 5.41 Å². The fraction of sp³-hybridized carbons (Fsp3) is 0.727. The highest BCUT2D eigenvalue weighted by molar-refractivity contribution is 5.75. The minimum Gasteiger partial charge on any atom is -0.481 e. The van der Waals surface area contributed by atoms with Gasteiger partial charge < -0.3 is 14.9 Å². The summed E-state index contributed by atoms with van der Waals surface area (Å²) >= 11 is 0. The lowest BCUT2D eigenvalue weighted by molar-refractivity contribution is -0.157. The molecule has 0 radical (unpaired) electrons. The Balaban J connectivity index is 3.74. The van der Waals surface area contributed by atoms with Crippen molar-refractivity contribution >= 4 is 17.9 Å². The Labute approximate surface area is 99.6 Å². The molecule has 0 aromatic rings. The Hall–Kier alpha value is -1.59. The fourth-order valence-electron chi connectivity index (χ4n) is 0.940. The number of aliphatic carboxylic acids is 2. The maximum absolute atomic E-state index is 11.2. The van der Waals surface area contributed by atoms with Crippen molar-refractivity contribution in [1.82, 2.24) is 0 Å². The van der Waals surface area contributed by atoms with E-state index in [1.54, 1.807) is 0 Å². The lowest BCUT2D eigenvalue weighted by Gasteiger charge is -2.18. The Morgan fingerprint density at radius 1 is 1.06 bits per heavy atom. The molecule has 0 fully saturated rings. The molecule has 0 aliphatic heterocycles. The highest BCUT2D eigenvalue weighted by atomic mass is 16.5. The molecule has 0 rings (SSSR count). The quantitative estimate of drug-likeness (QED) is 0.494. The number of unbranched alkanes of at least 4 members (excludes halogenated alkanes) is 1. The molecule has 2 N–H and O–H groups in total. The van der Waals surface area contributed by atoms with Crippen molar-refractivity contribution in [2.45, 2.75) is 39.5 Å². The summed E-state index contributed by atoms with van der Waals surface area (Å²) in [5.74, 6) is -2.42. The Bertz CT molecular complexity index is 294. The summed E-state index contributed by atoms with van der Waals surface area (Å²) in [6, 6.07) is 0. The summed E-state index contributed by atoms with van der Waals surface area (Å²) in [6.07, 6.45) is 0.974. The zero-order valence-corrected chi connectivity index (χ0v) is 10.1. The third kappa shape index (κ3) is 7.32. The Morgan fingerprint density at radius 3 is 2.06 bits per heavy atom. The zero-order valence-electron chi connectivity index (χ0n) is 10.1. The second-order valence-corrected chi connectivity index (χ2v) is 4.45. The van der Waals surface area contributed by atoms with Gasteiger partial charge in [-0.15, -0.1) is 0 Å². The fourth-order valence-corrected chi connectivity index (χ4v) is 0.940. The van der Waals surface area contributed by atoms with Gasteiger partial charge in [0.1, 0.15) is 6.61 Å². The molecule has 6 nitrogen and oxygen atoms in total. The first-order valence-corrected chi connectivity index (χ1v) is 5.36. The number of rotatable bonds is 8. The van der Waals surface area contributed by atoms with E-state index >= 15 is 0 Å². The first kappa shape index (κ1) is 15.4. The van der Waals surface area contributed by atoms with Gasteiger partial charge in [0.25, 0.3) is 0 Å². The molecule has 0 unspecified atom stereocenters. The van der Waals surface area contributed by atoms with E-state index in [2.05, 4.69) is 0 Å². The summed E-state index contributed by atoms with van der Waals surface area (Å²) in [6.45, 7) is 2.75. The number of hydrogen-bond donors (Lipinski definition) is 2. The third-order valence-electron chi connectivity index (χ3n) is 2.19. The van der Waals surface area contributed by atoms with Crippen LogP contribution in [0.1, 0.15) is 39.5 Å². The van der Waals surface area contributed by atoms with Gasteiger partial charge in [0, 0.05) is 12.8 Å². The van der Waals surface area contributed by atoms with Gasteiger partial charge in [-0.25, -0.2) is 0 Å². The van der Waals surface area contributed by atoms with Crippen LogP contribution in [0, 0.1) is 5.41 Å². The number of carboxylic acids is 2. The van der Waals surface area contributed by atoms with Crippen LogP contribution >= 0.6 is 0 Å². The van der Waals surface area contributed by atoms with Crippen LogP contribution in [0.5, 0.6) is 0 Å². The normalized spacial score (nSPS) is 10.9. The van der Waals surface area contributed by atoms with Crippen molar-refractivity contribution in [3.8, 4) is 0 Å². The number of esters is 1. The summed E-state index contributed by atoms with van der Waals surface area (Å²) in [5.41, 5.74) is -1.10. The van der Waals surface area contributed by atoms with E-state index in [1.165, 1.54) is 13.8 Å². The molecular formula is C11H18O6. The molecule has 0 bridgehead atoms. The molecule has 0 saturated heterocycles. The lowest BCUT2D eigenvalue weighted by atomic mass is 9.95. The highest BCUT2D eigenvalue weighted by Crippen LogP contribution is 2.16. The highest BCUT2D eigenvalue weighted by Gasteiger charge is 2.28. The van der Waals surface area contributed by atoms with Gasteiger partial charge in [0.2, 0.25) is 0 Å². The van der Waals surface area contributed by atoms with E-state index in [1.807, 2.05) is 0 Å². The summed E-state index contributed by atoms with van der Waals surface area (Å²) in [7, 11) is 0. The van der Waals surface area contributed by atoms with Gasteiger partial charge in [-0.3, -0.25) is 14.4 Å². The number of carbonyl (C=O) groups excluding carboxylic acids is 1. The predicted molar refractivity (Wildman–Crippen MR) is 58.5 cm³/mol. The minimum atomic E-state index is -1.10. The largest absolute Gasteiger partial charge is 0.481 e. The topological polar surface area (TPSA) is 101 Å². The van der Waals surface area contributed by atoms with Crippen molar-refractivity contribution in [3.05, 3.63) is 0 Å². The van der Waals surface area contributed by atoms with E-state index < -0.39 is 23.3 Å². The summed E-state index contributed by atoms with van der Waals surface area (Å²) in [4.78, 5) is 32.1. The van der Waals surface area contributed by atoms with Gasteiger partial charge in [0.05, 0.1) is 5.41 Å². The molecule has 0 aliphatic carbocycles. The first-order valence-electron chi connectivity index (χ1n) is 5.36. The summed E-state index contributed by atoms with van der Waals surface area (Å²) in [5, 5.41) is 17.1. The number of ether oxygens (including phenoxy) is 1. The molecule has 6 heteroatoms.